The fraction of sp³-hybridized carbons (Fsp3) is 0.654. The van der Waals surface area contributed by atoms with Gasteiger partial charge < -0.3 is 4.74 Å². The number of carbonyl (C=O) groups excluding carboxylic acids is 1. The summed E-state index contributed by atoms with van der Waals surface area (Å²) in [4.78, 5) is 16.4. The number of rotatable bonds is 4. The molecule has 1 aromatic rings. The first kappa shape index (κ1) is 24.3. The number of ether oxygens (including phenoxy) is 1. The Morgan fingerprint density at radius 3 is 2.56 bits per heavy atom. The number of hydrogen-bond acceptors (Lipinski definition) is 4. The van der Waals surface area contributed by atoms with E-state index in [0.717, 1.165) is 41.5 Å². The number of halogens is 1. The molecular formula is C26H35BrN2O4S. The molecule has 4 aliphatic rings. The Labute approximate surface area is 211 Å². The van der Waals surface area contributed by atoms with Crippen LogP contribution in [0.1, 0.15) is 64.4 Å². The van der Waals surface area contributed by atoms with Gasteiger partial charge in [0.05, 0.1) is 19.4 Å². The van der Waals surface area contributed by atoms with Crippen molar-refractivity contribution in [1.82, 2.24) is 9.84 Å². The summed E-state index contributed by atoms with van der Waals surface area (Å²) in [6.07, 6.45) is 11.4. The molecule has 0 spiro atoms. The van der Waals surface area contributed by atoms with Crippen molar-refractivity contribution < 1.29 is 17.9 Å². The molecule has 3 saturated carbocycles. The van der Waals surface area contributed by atoms with Crippen molar-refractivity contribution in [2.75, 3.05) is 13.4 Å². The number of nitrogens with one attached hydrogen (secondary N) is 1. The van der Waals surface area contributed by atoms with Crippen molar-refractivity contribution in [2.45, 2.75) is 64.8 Å². The SMILES string of the molecule is COc1cc(Br)cc(C2=C[C@@]3(C)C(CC[C@@H]4[C@H]3CC[C@]3(C)CCC[C@@H]43)N(NS(C)(=O)=O)C2=O)c1. The molecule has 3 fully saturated rings. The van der Waals surface area contributed by atoms with Crippen LogP contribution < -0.4 is 9.57 Å². The first-order chi connectivity index (χ1) is 15.9. The van der Waals surface area contributed by atoms with Gasteiger partial charge in [-0.25, -0.2) is 8.42 Å². The molecule has 3 aliphatic carbocycles. The predicted molar refractivity (Wildman–Crippen MR) is 136 cm³/mol. The quantitative estimate of drug-likeness (QED) is 0.562. The number of sulfonamides is 1. The number of carbonyl (C=O) groups is 1. The van der Waals surface area contributed by atoms with Crippen LogP contribution in [0.5, 0.6) is 5.75 Å². The van der Waals surface area contributed by atoms with E-state index in [-0.39, 0.29) is 17.4 Å². The maximum absolute atomic E-state index is 13.8. The molecule has 1 heterocycles. The monoisotopic (exact) mass is 550 g/mol. The van der Waals surface area contributed by atoms with E-state index in [4.69, 9.17) is 4.74 Å². The van der Waals surface area contributed by atoms with Crippen molar-refractivity contribution >= 4 is 37.4 Å². The largest absolute Gasteiger partial charge is 0.497 e. The highest BCUT2D eigenvalue weighted by Crippen LogP contribution is 2.64. The van der Waals surface area contributed by atoms with E-state index in [1.807, 2.05) is 18.2 Å². The summed E-state index contributed by atoms with van der Waals surface area (Å²) in [6.45, 7) is 4.73. The molecule has 6 nitrogen and oxygen atoms in total. The van der Waals surface area contributed by atoms with Gasteiger partial charge in [-0.15, -0.1) is 4.83 Å². The number of hydrazine groups is 1. The zero-order valence-electron chi connectivity index (χ0n) is 20.4. The summed E-state index contributed by atoms with van der Waals surface area (Å²) in [5.41, 5.74) is 1.39. The van der Waals surface area contributed by atoms with Gasteiger partial charge in [0.15, 0.2) is 0 Å². The van der Waals surface area contributed by atoms with Crippen molar-refractivity contribution in [1.29, 1.82) is 0 Å². The second kappa shape index (κ2) is 8.34. The van der Waals surface area contributed by atoms with Crippen molar-refractivity contribution in [2.24, 2.45) is 28.6 Å². The third kappa shape index (κ3) is 3.94. The smallest absolute Gasteiger partial charge is 0.269 e. The van der Waals surface area contributed by atoms with Crippen LogP contribution in [-0.2, 0) is 14.8 Å². The van der Waals surface area contributed by atoms with E-state index in [0.29, 0.717) is 28.6 Å². The molecule has 8 heteroatoms. The summed E-state index contributed by atoms with van der Waals surface area (Å²) < 4.78 is 31.0. The highest BCUT2D eigenvalue weighted by molar-refractivity contribution is 9.10. The van der Waals surface area contributed by atoms with E-state index in [9.17, 15) is 13.2 Å². The molecule has 1 amide bonds. The van der Waals surface area contributed by atoms with Crippen LogP contribution in [0.3, 0.4) is 0 Å². The van der Waals surface area contributed by atoms with Gasteiger partial charge in [0.25, 0.3) is 5.91 Å². The lowest BCUT2D eigenvalue weighted by Crippen LogP contribution is -2.64. The van der Waals surface area contributed by atoms with E-state index in [2.05, 4.69) is 40.7 Å². The number of benzene rings is 1. The van der Waals surface area contributed by atoms with Gasteiger partial charge in [0, 0.05) is 15.5 Å². The van der Waals surface area contributed by atoms with Gasteiger partial charge in [-0.2, -0.15) is 0 Å². The topological polar surface area (TPSA) is 75.7 Å². The van der Waals surface area contributed by atoms with E-state index < -0.39 is 10.0 Å². The van der Waals surface area contributed by atoms with Crippen LogP contribution in [0.15, 0.2) is 28.7 Å². The highest BCUT2D eigenvalue weighted by atomic mass is 79.9. The van der Waals surface area contributed by atoms with Crippen LogP contribution in [-0.4, -0.2) is 38.7 Å². The third-order valence-electron chi connectivity index (χ3n) is 9.41. The first-order valence-electron chi connectivity index (χ1n) is 12.3. The molecule has 0 radical (unpaired) electrons. The lowest BCUT2D eigenvalue weighted by Gasteiger charge is -2.60. The molecule has 5 rings (SSSR count). The zero-order valence-corrected chi connectivity index (χ0v) is 22.8. The lowest BCUT2D eigenvalue weighted by molar-refractivity contribution is -0.142. The van der Waals surface area contributed by atoms with Gasteiger partial charge in [-0.05, 0) is 85.5 Å². The Bertz CT molecular complexity index is 1150. The molecule has 0 aromatic heterocycles. The molecule has 1 aliphatic heterocycles. The molecular weight excluding hydrogens is 516 g/mol. The number of amides is 1. The number of fused-ring (bicyclic) bond motifs is 5. The average Bonchev–Trinajstić information content (AvgIpc) is 3.16. The Morgan fingerprint density at radius 2 is 1.85 bits per heavy atom. The minimum Gasteiger partial charge on any atom is -0.497 e. The molecule has 1 N–H and O–H groups in total. The number of hydrogen-bond donors (Lipinski definition) is 1. The highest BCUT2D eigenvalue weighted by Gasteiger charge is 2.59. The molecule has 0 saturated heterocycles. The summed E-state index contributed by atoms with van der Waals surface area (Å²) in [7, 11) is -2.02. The van der Waals surface area contributed by atoms with Gasteiger partial charge >= 0.3 is 0 Å². The van der Waals surface area contributed by atoms with Gasteiger partial charge in [-0.1, -0.05) is 42.3 Å². The minimum absolute atomic E-state index is 0.195. The lowest BCUT2D eigenvalue weighted by atomic mass is 9.48. The molecule has 1 aromatic carbocycles. The summed E-state index contributed by atoms with van der Waals surface area (Å²) in [5.74, 6) is 2.11. The first-order valence-corrected chi connectivity index (χ1v) is 15.0. The standard InChI is InChI=1S/C26H35BrN2O4S/c1-25-10-5-6-21(25)19-7-8-23-26(2,22(19)9-11-25)15-20(24(30)29(23)28-34(4,31)32)16-12-17(27)14-18(13-16)33-3/h12-15,19,21-23,28H,5-11H2,1-4H3/t19-,21-,22+,23?,25-,26+/m0/s1. The summed E-state index contributed by atoms with van der Waals surface area (Å²) in [6, 6.07) is 5.42. The van der Waals surface area contributed by atoms with Crippen LogP contribution in [0.2, 0.25) is 0 Å². The summed E-state index contributed by atoms with van der Waals surface area (Å²) in [5, 5.41) is 1.43. The van der Waals surface area contributed by atoms with Crippen molar-refractivity contribution in [3.05, 3.63) is 34.3 Å². The normalized spacial score (nSPS) is 37.5. The maximum atomic E-state index is 13.8. The predicted octanol–water partition coefficient (Wildman–Crippen LogP) is 5.15. The second-order valence-corrected chi connectivity index (χ2v) is 14.0. The summed E-state index contributed by atoms with van der Waals surface area (Å²) >= 11 is 3.54. The van der Waals surface area contributed by atoms with Crippen LogP contribution >= 0.6 is 15.9 Å². The van der Waals surface area contributed by atoms with Crippen LogP contribution in [0.4, 0.5) is 0 Å². The third-order valence-corrected chi connectivity index (χ3v) is 10.4. The van der Waals surface area contributed by atoms with E-state index >= 15 is 0 Å². The minimum atomic E-state index is -3.62. The van der Waals surface area contributed by atoms with Gasteiger partial charge in [0.2, 0.25) is 10.0 Å². The Hall–Kier alpha value is -1.38. The second-order valence-electron chi connectivity index (χ2n) is 11.4. The van der Waals surface area contributed by atoms with Crippen molar-refractivity contribution in [3.8, 4) is 5.75 Å². The number of methoxy groups -OCH3 is 1. The number of nitrogens with zero attached hydrogens (tertiary/aromatic N) is 1. The molecule has 6 atom stereocenters. The van der Waals surface area contributed by atoms with Crippen LogP contribution in [0.25, 0.3) is 5.57 Å². The van der Waals surface area contributed by atoms with E-state index in [1.54, 1.807) is 7.11 Å². The average molecular weight is 552 g/mol. The molecule has 1 unspecified atom stereocenters. The Balaban J connectivity index is 1.63. The molecule has 186 valence electrons. The fourth-order valence-electron chi connectivity index (χ4n) is 7.94. The Kier molecular flexibility index (Phi) is 5.97. The fourth-order valence-corrected chi connectivity index (χ4v) is 8.98. The van der Waals surface area contributed by atoms with Gasteiger partial charge in [-0.3, -0.25) is 9.80 Å². The zero-order chi connectivity index (χ0) is 24.5. The molecule has 0 bridgehead atoms. The van der Waals surface area contributed by atoms with E-state index in [1.165, 1.54) is 30.7 Å². The van der Waals surface area contributed by atoms with Gasteiger partial charge in [0.1, 0.15) is 5.75 Å². The molecule has 34 heavy (non-hydrogen) atoms. The maximum Gasteiger partial charge on any atom is 0.269 e. The Morgan fingerprint density at radius 1 is 1.09 bits per heavy atom. The van der Waals surface area contributed by atoms with Crippen LogP contribution in [0, 0.1) is 28.6 Å². The van der Waals surface area contributed by atoms with Crippen molar-refractivity contribution in [3.63, 3.8) is 0 Å².